The fourth-order valence-electron chi connectivity index (χ4n) is 2.37. The van der Waals surface area contributed by atoms with Crippen molar-refractivity contribution in [1.82, 2.24) is 10.2 Å². The van der Waals surface area contributed by atoms with E-state index < -0.39 is 47.8 Å². The number of amides is 4. The van der Waals surface area contributed by atoms with Crippen molar-refractivity contribution in [3.05, 3.63) is 29.0 Å². The van der Waals surface area contributed by atoms with E-state index in [-0.39, 0.29) is 10.7 Å². The van der Waals surface area contributed by atoms with Crippen LogP contribution in [0.2, 0.25) is 5.02 Å². The van der Waals surface area contributed by atoms with Gasteiger partial charge in [0, 0.05) is 0 Å². The molecule has 0 aliphatic carbocycles. The summed E-state index contributed by atoms with van der Waals surface area (Å²) in [4.78, 5) is 49.0. The predicted molar refractivity (Wildman–Crippen MR) is 94.5 cm³/mol. The summed E-state index contributed by atoms with van der Waals surface area (Å²) in [7, 11) is 0. The number of hydrogen-bond acceptors (Lipinski definition) is 5. The maximum atomic E-state index is 13.0. The van der Waals surface area contributed by atoms with Gasteiger partial charge in [-0.2, -0.15) is 0 Å². The molecule has 10 heteroatoms. The first kappa shape index (κ1) is 20.6. The van der Waals surface area contributed by atoms with E-state index in [1.807, 2.05) is 0 Å². The molecular formula is C17H19ClFN3O5. The lowest BCUT2D eigenvalue weighted by Crippen LogP contribution is -2.44. The quantitative estimate of drug-likeness (QED) is 0.562. The molecule has 2 atom stereocenters. The normalized spacial score (nSPS) is 20.3. The minimum atomic E-state index is -1.23. The Hall–Kier alpha value is -2.68. The summed E-state index contributed by atoms with van der Waals surface area (Å²) in [5, 5.41) is 4.90. The van der Waals surface area contributed by atoms with Crippen molar-refractivity contribution >= 4 is 41.1 Å². The van der Waals surface area contributed by atoms with Crippen molar-refractivity contribution in [1.29, 1.82) is 0 Å². The predicted octanol–water partition coefficient (Wildman–Crippen LogP) is 2.07. The molecule has 27 heavy (non-hydrogen) atoms. The number of benzene rings is 1. The second-order valence-corrected chi connectivity index (χ2v) is 6.66. The molecule has 2 rings (SSSR count). The number of anilines is 1. The van der Waals surface area contributed by atoms with E-state index >= 15 is 0 Å². The van der Waals surface area contributed by atoms with Gasteiger partial charge in [0.05, 0.1) is 10.7 Å². The Morgan fingerprint density at radius 3 is 2.63 bits per heavy atom. The number of rotatable bonds is 6. The van der Waals surface area contributed by atoms with Crippen LogP contribution in [0.5, 0.6) is 0 Å². The van der Waals surface area contributed by atoms with Gasteiger partial charge in [0.15, 0.2) is 6.10 Å². The molecule has 0 radical (unpaired) electrons. The number of hydrogen-bond donors (Lipinski definition) is 2. The molecule has 2 N–H and O–H groups in total. The van der Waals surface area contributed by atoms with E-state index in [4.69, 9.17) is 16.3 Å². The van der Waals surface area contributed by atoms with Crippen LogP contribution in [0.1, 0.15) is 27.2 Å². The average molecular weight is 400 g/mol. The van der Waals surface area contributed by atoms with Crippen molar-refractivity contribution in [2.24, 2.45) is 0 Å². The van der Waals surface area contributed by atoms with Crippen LogP contribution in [0, 0.1) is 5.82 Å². The Morgan fingerprint density at radius 2 is 2.07 bits per heavy atom. The van der Waals surface area contributed by atoms with Crippen LogP contribution in [-0.4, -0.2) is 46.9 Å². The fourth-order valence-corrected chi connectivity index (χ4v) is 2.59. The number of nitrogens with one attached hydrogen (secondary N) is 2. The van der Waals surface area contributed by atoms with Gasteiger partial charge in [0.2, 0.25) is 0 Å². The van der Waals surface area contributed by atoms with Gasteiger partial charge in [-0.3, -0.25) is 19.3 Å². The zero-order valence-electron chi connectivity index (χ0n) is 15.0. The van der Waals surface area contributed by atoms with Crippen LogP contribution >= 0.6 is 11.6 Å². The van der Waals surface area contributed by atoms with Crippen LogP contribution in [0.25, 0.3) is 0 Å². The second kappa shape index (κ2) is 7.91. The minimum absolute atomic E-state index is 0.0138. The molecule has 0 spiro atoms. The first-order valence-corrected chi connectivity index (χ1v) is 8.54. The van der Waals surface area contributed by atoms with Crippen molar-refractivity contribution in [3.63, 3.8) is 0 Å². The second-order valence-electron chi connectivity index (χ2n) is 6.25. The Kier molecular flexibility index (Phi) is 6.04. The highest BCUT2D eigenvalue weighted by molar-refractivity contribution is 6.33. The van der Waals surface area contributed by atoms with Crippen molar-refractivity contribution in [2.75, 3.05) is 11.9 Å². The first-order valence-electron chi connectivity index (χ1n) is 8.17. The molecule has 0 unspecified atom stereocenters. The number of urea groups is 1. The monoisotopic (exact) mass is 399 g/mol. The van der Waals surface area contributed by atoms with Gasteiger partial charge < -0.3 is 15.4 Å². The van der Waals surface area contributed by atoms with Crippen LogP contribution in [0.15, 0.2) is 18.2 Å². The standard InChI is InChI=1S/C17H19ClFN3O5/c1-4-17(3)15(25)22(16(26)21-17)8-13(23)27-9(2)14(24)20-12-6-5-10(19)7-11(12)18/h5-7,9H,4,8H2,1-3H3,(H,20,24)(H,21,26)/t9-,17-/m1/s1. The van der Waals surface area contributed by atoms with E-state index in [0.29, 0.717) is 6.42 Å². The zero-order valence-corrected chi connectivity index (χ0v) is 15.7. The molecular weight excluding hydrogens is 381 g/mol. The van der Waals surface area contributed by atoms with E-state index in [9.17, 15) is 23.6 Å². The third-order valence-electron chi connectivity index (χ3n) is 4.21. The number of carbonyl (C=O) groups is 4. The molecule has 1 saturated heterocycles. The van der Waals surface area contributed by atoms with Gasteiger partial charge in [-0.05, 0) is 38.5 Å². The van der Waals surface area contributed by atoms with E-state index in [2.05, 4.69) is 10.6 Å². The summed E-state index contributed by atoms with van der Waals surface area (Å²) in [5.74, 6) is -2.73. The Balaban J connectivity index is 1.94. The summed E-state index contributed by atoms with van der Waals surface area (Å²) in [6.07, 6.45) is -0.864. The molecule has 1 aromatic rings. The van der Waals surface area contributed by atoms with Crippen LogP contribution in [0.4, 0.5) is 14.9 Å². The molecule has 1 aromatic carbocycles. The lowest BCUT2D eigenvalue weighted by Gasteiger charge is -2.19. The number of esters is 1. The lowest BCUT2D eigenvalue weighted by molar-refractivity contribution is -0.155. The summed E-state index contributed by atoms with van der Waals surface area (Å²) in [6, 6.07) is 2.70. The molecule has 4 amide bonds. The molecule has 1 aliphatic heterocycles. The largest absolute Gasteiger partial charge is 0.451 e. The van der Waals surface area contributed by atoms with Crippen molar-refractivity contribution in [3.8, 4) is 0 Å². The van der Waals surface area contributed by atoms with Crippen molar-refractivity contribution in [2.45, 2.75) is 38.8 Å². The van der Waals surface area contributed by atoms with Gasteiger partial charge in [-0.25, -0.2) is 9.18 Å². The van der Waals surface area contributed by atoms with Crippen LogP contribution in [-0.2, 0) is 19.1 Å². The number of nitrogens with zero attached hydrogens (tertiary/aromatic N) is 1. The third kappa shape index (κ3) is 4.54. The van der Waals surface area contributed by atoms with Gasteiger partial charge >= 0.3 is 12.0 Å². The van der Waals surface area contributed by atoms with Gasteiger partial charge in [0.1, 0.15) is 17.9 Å². The van der Waals surface area contributed by atoms with Crippen LogP contribution in [0.3, 0.4) is 0 Å². The molecule has 1 fully saturated rings. The third-order valence-corrected chi connectivity index (χ3v) is 4.52. The summed E-state index contributed by atoms with van der Waals surface area (Å²) in [5.41, 5.74) is -0.918. The molecule has 1 heterocycles. The number of ether oxygens (including phenoxy) is 1. The fraction of sp³-hybridized carbons (Fsp3) is 0.412. The smallest absolute Gasteiger partial charge is 0.327 e. The van der Waals surface area contributed by atoms with Crippen LogP contribution < -0.4 is 10.6 Å². The molecule has 146 valence electrons. The molecule has 0 bridgehead atoms. The highest BCUT2D eigenvalue weighted by Crippen LogP contribution is 2.23. The van der Waals surface area contributed by atoms with E-state index in [1.165, 1.54) is 13.0 Å². The SMILES string of the molecule is CC[C@@]1(C)NC(=O)N(CC(=O)O[C@H](C)C(=O)Nc2ccc(F)cc2Cl)C1=O. The number of imide groups is 1. The molecule has 0 saturated carbocycles. The number of halogens is 2. The highest BCUT2D eigenvalue weighted by atomic mass is 35.5. The maximum absolute atomic E-state index is 13.0. The summed E-state index contributed by atoms with van der Waals surface area (Å²) in [6.45, 7) is 3.98. The maximum Gasteiger partial charge on any atom is 0.327 e. The average Bonchev–Trinajstić information content (AvgIpc) is 2.81. The van der Waals surface area contributed by atoms with Crippen molar-refractivity contribution < 1.29 is 28.3 Å². The van der Waals surface area contributed by atoms with Gasteiger partial charge in [0.25, 0.3) is 11.8 Å². The Morgan fingerprint density at radius 1 is 1.41 bits per heavy atom. The van der Waals surface area contributed by atoms with Gasteiger partial charge in [-0.1, -0.05) is 18.5 Å². The Bertz CT molecular complexity index is 803. The van der Waals surface area contributed by atoms with E-state index in [1.54, 1.807) is 13.8 Å². The number of carbonyl (C=O) groups excluding carboxylic acids is 4. The molecule has 8 nitrogen and oxygen atoms in total. The molecule has 0 aromatic heterocycles. The topological polar surface area (TPSA) is 105 Å². The Labute approximate surface area is 160 Å². The first-order chi connectivity index (χ1) is 12.6. The zero-order chi connectivity index (χ0) is 20.4. The lowest BCUT2D eigenvalue weighted by atomic mass is 9.99. The molecule has 1 aliphatic rings. The van der Waals surface area contributed by atoms with Gasteiger partial charge in [-0.15, -0.1) is 0 Å². The van der Waals surface area contributed by atoms with E-state index in [0.717, 1.165) is 17.0 Å². The highest BCUT2D eigenvalue weighted by Gasteiger charge is 2.47. The minimum Gasteiger partial charge on any atom is -0.451 e. The summed E-state index contributed by atoms with van der Waals surface area (Å²) < 4.78 is 18.0. The summed E-state index contributed by atoms with van der Waals surface area (Å²) >= 11 is 5.82.